The van der Waals surface area contributed by atoms with Gasteiger partial charge in [-0.05, 0) is 12.5 Å². The molecule has 1 aromatic rings. The molecule has 1 heterocycles. The van der Waals surface area contributed by atoms with Crippen LogP contribution in [-0.2, 0) is 20.9 Å². The van der Waals surface area contributed by atoms with Gasteiger partial charge in [-0.25, -0.2) is 9.79 Å². The van der Waals surface area contributed by atoms with Gasteiger partial charge in [-0.3, -0.25) is 0 Å². The van der Waals surface area contributed by atoms with E-state index in [0.717, 1.165) is 5.56 Å². The lowest BCUT2D eigenvalue weighted by Gasteiger charge is -2.14. The molecule has 90 valence electrons. The number of cyclic esters (lactones) is 1. The minimum atomic E-state index is -0.529. The Morgan fingerprint density at radius 1 is 1.41 bits per heavy atom. The van der Waals surface area contributed by atoms with Crippen molar-refractivity contribution in [3.63, 3.8) is 0 Å². The first-order chi connectivity index (χ1) is 8.16. The number of carbonyl (C=O) groups is 1. The van der Waals surface area contributed by atoms with E-state index in [-0.39, 0.29) is 12.1 Å². The summed E-state index contributed by atoms with van der Waals surface area (Å²) < 4.78 is 10.5. The lowest BCUT2D eigenvalue weighted by Crippen LogP contribution is -2.29. The highest BCUT2D eigenvalue weighted by atomic mass is 16.6. The van der Waals surface area contributed by atoms with Gasteiger partial charge in [0.2, 0.25) is 0 Å². The topological polar surface area (TPSA) is 47.9 Å². The van der Waals surface area contributed by atoms with Crippen molar-refractivity contribution in [3.05, 3.63) is 35.9 Å². The molecule has 4 heteroatoms. The fraction of sp³-hybridized carbons (Fsp3) is 0.385. The van der Waals surface area contributed by atoms with Crippen LogP contribution in [0.5, 0.6) is 0 Å². The van der Waals surface area contributed by atoms with Crippen molar-refractivity contribution < 1.29 is 14.3 Å². The maximum absolute atomic E-state index is 11.4. The molecular formula is C13H15NO3. The minimum absolute atomic E-state index is 0.278. The molecule has 0 spiro atoms. The first-order valence-corrected chi connectivity index (χ1v) is 5.58. The van der Waals surface area contributed by atoms with E-state index in [0.29, 0.717) is 12.5 Å². The molecule has 1 aliphatic rings. The maximum atomic E-state index is 11.4. The van der Waals surface area contributed by atoms with Crippen LogP contribution in [0.1, 0.15) is 19.4 Å². The summed E-state index contributed by atoms with van der Waals surface area (Å²) in [7, 11) is 0. The molecule has 0 amide bonds. The molecule has 0 saturated heterocycles. The van der Waals surface area contributed by atoms with Crippen LogP contribution in [0.15, 0.2) is 35.3 Å². The fourth-order valence-corrected chi connectivity index (χ4v) is 1.67. The second-order valence-corrected chi connectivity index (χ2v) is 4.02. The van der Waals surface area contributed by atoms with Gasteiger partial charge in [0.15, 0.2) is 11.9 Å². The van der Waals surface area contributed by atoms with E-state index in [2.05, 4.69) is 4.99 Å². The number of benzene rings is 1. The van der Waals surface area contributed by atoms with Crippen molar-refractivity contribution >= 4 is 11.9 Å². The number of nitrogens with zero attached hydrogens (tertiary/aromatic N) is 1. The average molecular weight is 233 g/mol. The van der Waals surface area contributed by atoms with Crippen molar-refractivity contribution in [1.29, 1.82) is 0 Å². The number of carbonyl (C=O) groups excluding carboxylic acids is 1. The normalized spacial score (nSPS) is 20.9. The van der Waals surface area contributed by atoms with Crippen molar-refractivity contribution in [1.82, 2.24) is 0 Å². The molecule has 0 radical (unpaired) electrons. The number of hydrogen-bond donors (Lipinski definition) is 0. The second kappa shape index (κ2) is 5.10. The summed E-state index contributed by atoms with van der Waals surface area (Å²) in [4.78, 5) is 15.5. The standard InChI is InChI=1S/C13H15NO3/c1-9(12-13(15)17-10(2)14-12)16-8-11-6-4-3-5-7-11/h3-7,9,12H,8H2,1-2H3/t9-,12?/m1/s1. The van der Waals surface area contributed by atoms with Gasteiger partial charge in [0.1, 0.15) is 0 Å². The fourth-order valence-electron chi connectivity index (χ4n) is 1.67. The van der Waals surface area contributed by atoms with E-state index in [9.17, 15) is 4.79 Å². The molecule has 0 N–H and O–H groups in total. The molecule has 1 aromatic carbocycles. The predicted octanol–water partition coefficient (Wildman–Crippen LogP) is 1.94. The highest BCUT2D eigenvalue weighted by Crippen LogP contribution is 2.14. The molecule has 0 aliphatic carbocycles. The Labute approximate surface area is 100 Å². The van der Waals surface area contributed by atoms with Gasteiger partial charge in [-0.15, -0.1) is 0 Å². The van der Waals surface area contributed by atoms with Crippen molar-refractivity contribution in [2.45, 2.75) is 32.6 Å². The largest absolute Gasteiger partial charge is 0.411 e. The van der Waals surface area contributed by atoms with Crippen molar-refractivity contribution in [2.75, 3.05) is 0 Å². The minimum Gasteiger partial charge on any atom is -0.411 e. The molecule has 4 nitrogen and oxygen atoms in total. The highest BCUT2D eigenvalue weighted by molar-refractivity contribution is 5.96. The van der Waals surface area contributed by atoms with E-state index in [1.54, 1.807) is 6.92 Å². The van der Waals surface area contributed by atoms with Crippen LogP contribution in [0.4, 0.5) is 0 Å². The highest BCUT2D eigenvalue weighted by Gasteiger charge is 2.32. The second-order valence-electron chi connectivity index (χ2n) is 4.02. The van der Waals surface area contributed by atoms with Crippen LogP contribution in [0.2, 0.25) is 0 Å². The van der Waals surface area contributed by atoms with Gasteiger partial charge in [0, 0.05) is 6.92 Å². The number of hydrogen-bond acceptors (Lipinski definition) is 4. The average Bonchev–Trinajstić information content (AvgIpc) is 2.67. The first-order valence-electron chi connectivity index (χ1n) is 5.58. The summed E-state index contributed by atoms with van der Waals surface area (Å²) in [5.41, 5.74) is 1.08. The lowest BCUT2D eigenvalue weighted by atomic mass is 10.2. The SMILES string of the molecule is CC1=NC([C@@H](C)OCc2ccccc2)C(=O)O1. The van der Waals surface area contributed by atoms with Crippen molar-refractivity contribution in [3.8, 4) is 0 Å². The van der Waals surface area contributed by atoms with Crippen molar-refractivity contribution in [2.24, 2.45) is 4.99 Å². The van der Waals surface area contributed by atoms with Crippen LogP contribution >= 0.6 is 0 Å². The summed E-state index contributed by atoms with van der Waals surface area (Å²) in [5.74, 6) is 0.0817. The van der Waals surface area contributed by atoms with Gasteiger partial charge >= 0.3 is 5.97 Å². The molecule has 0 aromatic heterocycles. The van der Waals surface area contributed by atoms with Crippen LogP contribution < -0.4 is 0 Å². The van der Waals surface area contributed by atoms with E-state index in [1.165, 1.54) is 0 Å². The quantitative estimate of drug-likeness (QED) is 0.747. The van der Waals surface area contributed by atoms with Gasteiger partial charge in [0.25, 0.3) is 0 Å². The third kappa shape index (κ3) is 2.91. The molecule has 1 aliphatic heterocycles. The van der Waals surface area contributed by atoms with Crippen LogP contribution in [-0.4, -0.2) is 24.0 Å². The Hall–Kier alpha value is -1.68. The molecular weight excluding hydrogens is 218 g/mol. The third-order valence-corrected chi connectivity index (χ3v) is 2.61. The molecule has 0 bridgehead atoms. The van der Waals surface area contributed by atoms with Gasteiger partial charge in [-0.1, -0.05) is 30.3 Å². The Bertz CT molecular complexity index is 428. The van der Waals surface area contributed by atoms with Gasteiger partial charge < -0.3 is 9.47 Å². The van der Waals surface area contributed by atoms with Gasteiger partial charge in [0.05, 0.1) is 12.7 Å². The molecule has 0 saturated carbocycles. The van der Waals surface area contributed by atoms with Crippen LogP contribution in [0.25, 0.3) is 0 Å². The van der Waals surface area contributed by atoms with E-state index in [1.807, 2.05) is 37.3 Å². The Morgan fingerprint density at radius 3 is 2.71 bits per heavy atom. The first kappa shape index (κ1) is 11.8. The van der Waals surface area contributed by atoms with E-state index < -0.39 is 6.04 Å². The molecule has 2 atom stereocenters. The summed E-state index contributed by atoms with van der Waals surface area (Å²) in [6.07, 6.45) is -0.278. The summed E-state index contributed by atoms with van der Waals surface area (Å²) in [5, 5.41) is 0. The van der Waals surface area contributed by atoms with Crippen LogP contribution in [0, 0.1) is 0 Å². The zero-order valence-corrected chi connectivity index (χ0v) is 9.92. The Morgan fingerprint density at radius 2 is 2.12 bits per heavy atom. The summed E-state index contributed by atoms with van der Waals surface area (Å²) >= 11 is 0. The molecule has 0 fully saturated rings. The molecule has 1 unspecified atom stereocenters. The zero-order valence-electron chi connectivity index (χ0n) is 9.92. The summed E-state index contributed by atoms with van der Waals surface area (Å²) in [6.45, 7) is 3.97. The van der Waals surface area contributed by atoms with E-state index in [4.69, 9.17) is 9.47 Å². The monoisotopic (exact) mass is 233 g/mol. The predicted molar refractivity (Wildman–Crippen MR) is 63.7 cm³/mol. The zero-order chi connectivity index (χ0) is 12.3. The van der Waals surface area contributed by atoms with Crippen LogP contribution in [0.3, 0.4) is 0 Å². The third-order valence-electron chi connectivity index (χ3n) is 2.61. The van der Waals surface area contributed by atoms with E-state index >= 15 is 0 Å². The molecule has 17 heavy (non-hydrogen) atoms. The molecule has 2 rings (SSSR count). The maximum Gasteiger partial charge on any atom is 0.340 e. The number of rotatable bonds is 4. The Balaban J connectivity index is 1.90. The number of aliphatic imine (C=N–C) groups is 1. The number of ether oxygens (including phenoxy) is 2. The van der Waals surface area contributed by atoms with Gasteiger partial charge in [-0.2, -0.15) is 0 Å². The Kier molecular flexibility index (Phi) is 3.54. The lowest BCUT2D eigenvalue weighted by molar-refractivity contribution is -0.138. The smallest absolute Gasteiger partial charge is 0.340 e. The summed E-state index contributed by atoms with van der Waals surface area (Å²) in [6, 6.07) is 9.29. The number of esters is 1.